The second kappa shape index (κ2) is 8.66. The summed E-state index contributed by atoms with van der Waals surface area (Å²) >= 11 is 0. The molecule has 0 bridgehead atoms. The maximum atomic E-state index is 13.5. The molecule has 0 spiro atoms. The van der Waals surface area contributed by atoms with E-state index in [-0.39, 0.29) is 5.56 Å². The van der Waals surface area contributed by atoms with Gasteiger partial charge in [-0.2, -0.15) is 8.42 Å². The Morgan fingerprint density at radius 1 is 0.719 bits per heavy atom. The van der Waals surface area contributed by atoms with Crippen LogP contribution in [0.5, 0.6) is 0 Å². The van der Waals surface area contributed by atoms with Gasteiger partial charge in [0.2, 0.25) is 0 Å². The predicted molar refractivity (Wildman–Crippen MR) is 116 cm³/mol. The zero-order valence-corrected chi connectivity index (χ0v) is 17.5. The van der Waals surface area contributed by atoms with E-state index in [1.165, 1.54) is 18.2 Å². The first kappa shape index (κ1) is 21.3. The molecule has 1 aromatic carbocycles. The molecule has 2 N–H and O–H groups in total. The van der Waals surface area contributed by atoms with Gasteiger partial charge in [0.15, 0.2) is 5.54 Å². The number of hydrogen-bond acceptors (Lipinski definition) is 6. The van der Waals surface area contributed by atoms with E-state index < -0.39 is 26.5 Å². The molecule has 0 unspecified atom stereocenters. The average molecular weight is 446 g/mol. The molecule has 0 saturated carbocycles. The van der Waals surface area contributed by atoms with E-state index in [4.69, 9.17) is 0 Å². The molecule has 0 radical (unpaired) electrons. The van der Waals surface area contributed by atoms with Crippen molar-refractivity contribution in [2.24, 2.45) is 0 Å². The highest BCUT2D eigenvalue weighted by Crippen LogP contribution is 2.34. The van der Waals surface area contributed by atoms with E-state index in [0.29, 0.717) is 17.1 Å². The first-order valence-electron chi connectivity index (χ1n) is 9.56. The van der Waals surface area contributed by atoms with E-state index in [1.54, 1.807) is 73.2 Å². The van der Waals surface area contributed by atoms with Gasteiger partial charge in [0.05, 0.1) is 22.6 Å². The van der Waals surface area contributed by atoms with Crippen LogP contribution in [0.3, 0.4) is 0 Å². The minimum absolute atomic E-state index is 0.220. The van der Waals surface area contributed by atoms with E-state index in [9.17, 15) is 17.8 Å². The van der Waals surface area contributed by atoms with Crippen LogP contribution in [-0.4, -0.2) is 33.8 Å². The summed E-state index contributed by atoms with van der Waals surface area (Å²) < 4.78 is 33.4. The number of pyridine rings is 3. The summed E-state index contributed by atoms with van der Waals surface area (Å²) in [7, 11) is -4.64. The monoisotopic (exact) mass is 446 g/mol. The molecule has 1 amide bonds. The number of benzene rings is 1. The largest absolute Gasteiger partial charge is 0.330 e. The van der Waals surface area contributed by atoms with Crippen LogP contribution in [0.25, 0.3) is 0 Å². The van der Waals surface area contributed by atoms with Crippen molar-refractivity contribution in [2.75, 3.05) is 0 Å². The molecule has 160 valence electrons. The highest BCUT2D eigenvalue weighted by atomic mass is 32.2. The molecule has 4 aromatic rings. The lowest BCUT2D eigenvalue weighted by Gasteiger charge is -2.33. The van der Waals surface area contributed by atoms with E-state index in [1.807, 2.05) is 0 Å². The molecule has 0 aliphatic carbocycles. The normalized spacial score (nSPS) is 11.7. The second-order valence-corrected chi connectivity index (χ2v) is 8.21. The van der Waals surface area contributed by atoms with Crippen molar-refractivity contribution in [3.05, 3.63) is 120 Å². The fraction of sp³-hybridized carbons (Fsp3) is 0.0435. The third-order valence-electron chi connectivity index (χ3n) is 4.86. The van der Waals surface area contributed by atoms with Crippen molar-refractivity contribution in [3.63, 3.8) is 0 Å². The number of amides is 1. The van der Waals surface area contributed by atoms with Gasteiger partial charge < -0.3 is 5.32 Å². The summed E-state index contributed by atoms with van der Waals surface area (Å²) in [6, 6.07) is 21.1. The summed E-state index contributed by atoms with van der Waals surface area (Å²) in [5.41, 5.74) is -0.380. The molecule has 0 atom stereocenters. The summed E-state index contributed by atoms with van der Waals surface area (Å²) in [5.74, 6) is -0.750. The van der Waals surface area contributed by atoms with Gasteiger partial charge in [-0.05, 0) is 48.5 Å². The summed E-state index contributed by atoms with van der Waals surface area (Å²) in [6.07, 6.45) is 4.73. The Labute approximate surface area is 184 Å². The molecule has 32 heavy (non-hydrogen) atoms. The molecule has 8 nitrogen and oxygen atoms in total. The lowest BCUT2D eigenvalue weighted by molar-refractivity contribution is 0.0917. The Morgan fingerprint density at radius 3 is 1.56 bits per heavy atom. The Bertz CT molecular complexity index is 1240. The van der Waals surface area contributed by atoms with Gasteiger partial charge in [-0.1, -0.05) is 30.3 Å². The van der Waals surface area contributed by atoms with Gasteiger partial charge in [0.1, 0.15) is 4.90 Å². The molecule has 0 fully saturated rings. The van der Waals surface area contributed by atoms with Crippen LogP contribution in [0.4, 0.5) is 0 Å². The first-order valence-corrected chi connectivity index (χ1v) is 11.0. The number of carbonyl (C=O) groups is 1. The number of nitrogens with one attached hydrogen (secondary N) is 1. The molecule has 0 saturated heterocycles. The summed E-state index contributed by atoms with van der Waals surface area (Å²) in [4.78, 5) is 26.4. The van der Waals surface area contributed by atoms with Crippen LogP contribution >= 0.6 is 0 Å². The number of nitrogens with zero attached hydrogens (tertiary/aromatic N) is 3. The van der Waals surface area contributed by atoms with Gasteiger partial charge >= 0.3 is 0 Å². The highest BCUT2D eigenvalue weighted by Gasteiger charge is 2.42. The zero-order chi connectivity index (χ0) is 22.6. The molecular formula is C23H18N4O4S. The minimum atomic E-state index is -4.64. The Morgan fingerprint density at radius 2 is 1.16 bits per heavy atom. The molecule has 3 heterocycles. The standard InChI is InChI=1S/C23H18N4O4S/c28-22(17-9-1-2-10-18(17)32(29,30)31)27-23(19-11-3-6-14-24-19,20-12-4-7-15-25-20)21-13-5-8-16-26-21/h1-16H,(H,27,28)(H,29,30,31). The van der Waals surface area contributed by atoms with Gasteiger partial charge in [-0.15, -0.1) is 0 Å². The van der Waals surface area contributed by atoms with E-state index in [0.717, 1.165) is 6.07 Å². The Balaban J connectivity index is 1.97. The summed E-state index contributed by atoms with van der Waals surface area (Å²) in [6.45, 7) is 0. The first-order chi connectivity index (χ1) is 15.4. The van der Waals surface area contributed by atoms with Gasteiger partial charge in [0.25, 0.3) is 16.0 Å². The summed E-state index contributed by atoms with van der Waals surface area (Å²) in [5, 5.41) is 2.91. The van der Waals surface area contributed by atoms with Crippen molar-refractivity contribution in [2.45, 2.75) is 10.4 Å². The van der Waals surface area contributed by atoms with Crippen molar-refractivity contribution in [3.8, 4) is 0 Å². The lowest BCUT2D eigenvalue weighted by Crippen LogP contribution is -2.49. The lowest BCUT2D eigenvalue weighted by atomic mass is 9.85. The van der Waals surface area contributed by atoms with E-state index >= 15 is 0 Å². The van der Waals surface area contributed by atoms with Crippen LogP contribution in [0.15, 0.2) is 102 Å². The Kier molecular flexibility index (Phi) is 5.76. The van der Waals surface area contributed by atoms with Crippen LogP contribution in [0.1, 0.15) is 27.4 Å². The molecule has 0 aliphatic heterocycles. The molecule has 0 aliphatic rings. The van der Waals surface area contributed by atoms with Crippen LogP contribution in [0.2, 0.25) is 0 Å². The van der Waals surface area contributed by atoms with Crippen LogP contribution < -0.4 is 5.32 Å². The van der Waals surface area contributed by atoms with Gasteiger partial charge in [0, 0.05) is 18.6 Å². The second-order valence-electron chi connectivity index (χ2n) is 6.82. The third-order valence-corrected chi connectivity index (χ3v) is 5.77. The number of aromatic nitrogens is 3. The van der Waals surface area contributed by atoms with Crippen LogP contribution in [0, 0.1) is 0 Å². The maximum Gasteiger partial charge on any atom is 0.295 e. The van der Waals surface area contributed by atoms with Gasteiger partial charge in [-0.3, -0.25) is 24.3 Å². The average Bonchev–Trinajstić information content (AvgIpc) is 2.83. The number of carbonyl (C=O) groups excluding carboxylic acids is 1. The van der Waals surface area contributed by atoms with Crippen molar-refractivity contribution >= 4 is 16.0 Å². The van der Waals surface area contributed by atoms with Crippen LogP contribution in [-0.2, 0) is 15.7 Å². The minimum Gasteiger partial charge on any atom is -0.330 e. The maximum absolute atomic E-state index is 13.5. The number of hydrogen-bond donors (Lipinski definition) is 2. The molecule has 9 heteroatoms. The highest BCUT2D eigenvalue weighted by molar-refractivity contribution is 7.86. The smallest absolute Gasteiger partial charge is 0.295 e. The molecular weight excluding hydrogens is 428 g/mol. The molecule has 3 aromatic heterocycles. The fourth-order valence-corrected chi connectivity index (χ4v) is 4.15. The molecule has 4 rings (SSSR count). The SMILES string of the molecule is O=C(NC(c1ccccn1)(c1ccccn1)c1ccccn1)c1ccccc1S(=O)(=O)O. The topological polar surface area (TPSA) is 122 Å². The van der Waals surface area contributed by atoms with Crippen molar-refractivity contribution in [1.82, 2.24) is 20.3 Å². The predicted octanol–water partition coefficient (Wildman–Crippen LogP) is 2.84. The zero-order valence-electron chi connectivity index (χ0n) is 16.7. The third kappa shape index (κ3) is 3.98. The van der Waals surface area contributed by atoms with Crippen molar-refractivity contribution in [1.29, 1.82) is 0 Å². The van der Waals surface area contributed by atoms with E-state index in [2.05, 4.69) is 20.3 Å². The van der Waals surface area contributed by atoms with Gasteiger partial charge in [-0.25, -0.2) is 0 Å². The number of rotatable bonds is 6. The fourth-order valence-electron chi connectivity index (χ4n) is 3.46. The quantitative estimate of drug-likeness (QED) is 0.437. The Hall–Kier alpha value is -3.95. The van der Waals surface area contributed by atoms with Crippen molar-refractivity contribution < 1.29 is 17.8 Å².